The van der Waals surface area contributed by atoms with Crippen molar-refractivity contribution >= 4 is 40.4 Å². The van der Waals surface area contributed by atoms with Crippen LogP contribution in [0.15, 0.2) is 12.3 Å². The summed E-state index contributed by atoms with van der Waals surface area (Å²) in [7, 11) is 1.42. The van der Waals surface area contributed by atoms with E-state index in [4.69, 9.17) is 0 Å². The first-order valence-electron chi connectivity index (χ1n) is 9.15. The van der Waals surface area contributed by atoms with Crippen molar-refractivity contribution in [3.05, 3.63) is 23.0 Å². The Labute approximate surface area is 167 Å². The number of hydrogen-bond donors (Lipinski definition) is 1. The summed E-state index contributed by atoms with van der Waals surface area (Å²) in [5.74, 6) is 2.05. The van der Waals surface area contributed by atoms with Gasteiger partial charge < -0.3 is 15.0 Å². The zero-order valence-corrected chi connectivity index (χ0v) is 16.9. The van der Waals surface area contributed by atoms with Gasteiger partial charge in [0.05, 0.1) is 18.2 Å². The van der Waals surface area contributed by atoms with Crippen LogP contribution in [0.2, 0.25) is 0 Å². The van der Waals surface area contributed by atoms with Gasteiger partial charge in [0, 0.05) is 38.7 Å². The van der Waals surface area contributed by atoms with E-state index in [1.165, 1.54) is 24.6 Å². The van der Waals surface area contributed by atoms with Gasteiger partial charge in [-0.3, -0.25) is 14.5 Å². The van der Waals surface area contributed by atoms with E-state index < -0.39 is 0 Å². The molecule has 0 aromatic carbocycles. The van der Waals surface area contributed by atoms with Crippen molar-refractivity contribution in [1.29, 1.82) is 0 Å². The minimum atomic E-state index is -0.157. The molecule has 2 aromatic heterocycles. The molecule has 0 saturated carbocycles. The molecule has 0 bridgehead atoms. The Hall–Kier alpha value is -2.59. The average Bonchev–Trinajstić information content (AvgIpc) is 3.15. The summed E-state index contributed by atoms with van der Waals surface area (Å²) in [6.45, 7) is 6.31. The second-order valence-corrected chi connectivity index (χ2v) is 7.54. The molecule has 2 aromatic rings. The third-order valence-electron chi connectivity index (χ3n) is 4.48. The van der Waals surface area contributed by atoms with Gasteiger partial charge in [0.15, 0.2) is 11.4 Å². The molecule has 0 aliphatic carbocycles. The molecule has 0 amide bonds. The quantitative estimate of drug-likeness (QED) is 0.522. The summed E-state index contributed by atoms with van der Waals surface area (Å²) < 4.78 is 4.68. The molecule has 150 valence electrons. The van der Waals surface area contributed by atoms with E-state index in [9.17, 15) is 9.59 Å². The second kappa shape index (κ2) is 9.56. The van der Waals surface area contributed by atoms with Gasteiger partial charge in [0.2, 0.25) is 0 Å². The lowest BCUT2D eigenvalue weighted by Gasteiger charge is -2.35. The van der Waals surface area contributed by atoms with Gasteiger partial charge in [-0.2, -0.15) is 0 Å². The van der Waals surface area contributed by atoms with Crippen molar-refractivity contribution in [2.45, 2.75) is 19.8 Å². The number of methoxy groups -OCH3 is 1. The van der Waals surface area contributed by atoms with Gasteiger partial charge >= 0.3 is 5.97 Å². The van der Waals surface area contributed by atoms with E-state index in [1.807, 2.05) is 13.0 Å². The van der Waals surface area contributed by atoms with Crippen LogP contribution in [0.4, 0.5) is 16.8 Å². The molecule has 1 aliphatic rings. The number of rotatable bonds is 8. The van der Waals surface area contributed by atoms with Crippen LogP contribution in [0.1, 0.15) is 28.3 Å². The number of carbonyl (C=O) groups is 2. The number of aromatic nitrogens is 3. The van der Waals surface area contributed by atoms with E-state index in [1.54, 1.807) is 0 Å². The van der Waals surface area contributed by atoms with Crippen molar-refractivity contribution < 1.29 is 14.3 Å². The molecule has 10 heteroatoms. The fourth-order valence-corrected chi connectivity index (χ4v) is 3.67. The number of anilines is 3. The minimum absolute atomic E-state index is 0.157. The second-order valence-electron chi connectivity index (χ2n) is 6.48. The number of nitrogens with zero attached hydrogens (tertiary/aromatic N) is 5. The molecule has 0 unspecified atom stereocenters. The maximum absolute atomic E-state index is 11.2. The number of aldehydes is 1. The predicted octanol–water partition coefficient (Wildman–Crippen LogP) is 1.87. The van der Waals surface area contributed by atoms with Crippen molar-refractivity contribution in [1.82, 2.24) is 19.9 Å². The van der Waals surface area contributed by atoms with Crippen molar-refractivity contribution in [2.75, 3.05) is 50.1 Å². The van der Waals surface area contributed by atoms with Crippen LogP contribution in [-0.2, 0) is 9.53 Å². The molecule has 1 aliphatic heterocycles. The van der Waals surface area contributed by atoms with Crippen LogP contribution >= 0.6 is 11.3 Å². The van der Waals surface area contributed by atoms with Crippen molar-refractivity contribution in [3.63, 3.8) is 0 Å². The number of piperazine rings is 1. The Balaban J connectivity index is 1.56. The van der Waals surface area contributed by atoms with Crippen LogP contribution < -0.4 is 10.2 Å². The summed E-state index contributed by atoms with van der Waals surface area (Å²) in [5, 5.41) is 3.77. The molecule has 1 fully saturated rings. The normalized spacial score (nSPS) is 14.7. The molecule has 0 radical (unpaired) electrons. The summed E-state index contributed by atoms with van der Waals surface area (Å²) in [4.78, 5) is 40.3. The van der Waals surface area contributed by atoms with Gasteiger partial charge in [0.1, 0.15) is 17.5 Å². The Bertz CT molecular complexity index is 819. The lowest BCUT2D eigenvalue weighted by molar-refractivity contribution is -0.140. The van der Waals surface area contributed by atoms with Gasteiger partial charge in [-0.15, -0.1) is 0 Å². The number of carbonyl (C=O) groups excluding carboxylic acids is 2. The molecule has 9 nitrogen and oxygen atoms in total. The standard InChI is InChI=1S/C18H24N6O3S/c1-13-20-15(22-18-19-11-14(12-25)28-18)10-16(21-13)24-8-6-23(7-9-24)5-3-4-17(26)27-2/h10-12H,3-9H2,1-2H3,(H,19,20,21,22). The Morgan fingerprint density at radius 2 is 2.11 bits per heavy atom. The molecular formula is C18H24N6O3S. The van der Waals surface area contributed by atoms with Gasteiger partial charge in [0.25, 0.3) is 0 Å². The molecule has 0 atom stereocenters. The van der Waals surface area contributed by atoms with Crippen LogP contribution in [0, 0.1) is 6.92 Å². The first-order valence-corrected chi connectivity index (χ1v) is 9.97. The van der Waals surface area contributed by atoms with E-state index in [0.29, 0.717) is 28.1 Å². The Morgan fingerprint density at radius 1 is 1.32 bits per heavy atom. The molecule has 3 rings (SSSR count). The van der Waals surface area contributed by atoms with E-state index in [-0.39, 0.29) is 5.97 Å². The van der Waals surface area contributed by atoms with Gasteiger partial charge in [-0.25, -0.2) is 15.0 Å². The number of esters is 1. The number of ether oxygens (including phenoxy) is 1. The molecular weight excluding hydrogens is 380 g/mol. The maximum Gasteiger partial charge on any atom is 0.305 e. The topological polar surface area (TPSA) is 101 Å². The fraction of sp³-hybridized carbons (Fsp3) is 0.500. The van der Waals surface area contributed by atoms with E-state index >= 15 is 0 Å². The maximum atomic E-state index is 11.2. The minimum Gasteiger partial charge on any atom is -0.469 e. The fourth-order valence-electron chi connectivity index (χ4n) is 3.04. The SMILES string of the molecule is COC(=O)CCCN1CCN(c2cc(Nc3ncc(C=O)s3)nc(C)n2)CC1. The van der Waals surface area contributed by atoms with Crippen LogP contribution in [-0.4, -0.2) is 71.9 Å². The smallest absolute Gasteiger partial charge is 0.305 e. The summed E-state index contributed by atoms with van der Waals surface area (Å²) in [6.07, 6.45) is 3.59. The molecule has 0 spiro atoms. The third-order valence-corrected chi connectivity index (χ3v) is 5.32. The summed E-state index contributed by atoms with van der Waals surface area (Å²) in [6, 6.07) is 1.90. The average molecular weight is 404 g/mol. The summed E-state index contributed by atoms with van der Waals surface area (Å²) >= 11 is 1.28. The molecule has 1 N–H and O–H groups in total. The molecule has 28 heavy (non-hydrogen) atoms. The van der Waals surface area contributed by atoms with Gasteiger partial charge in [-0.1, -0.05) is 11.3 Å². The lowest BCUT2D eigenvalue weighted by atomic mass is 10.2. The van der Waals surface area contributed by atoms with Gasteiger partial charge in [-0.05, 0) is 19.9 Å². The zero-order chi connectivity index (χ0) is 19.9. The number of nitrogens with one attached hydrogen (secondary N) is 1. The zero-order valence-electron chi connectivity index (χ0n) is 16.1. The highest BCUT2D eigenvalue weighted by Gasteiger charge is 2.19. The number of thiazole rings is 1. The highest BCUT2D eigenvalue weighted by atomic mass is 32.1. The lowest BCUT2D eigenvalue weighted by Crippen LogP contribution is -2.47. The monoisotopic (exact) mass is 404 g/mol. The number of hydrogen-bond acceptors (Lipinski definition) is 10. The van der Waals surface area contributed by atoms with Crippen LogP contribution in [0.3, 0.4) is 0 Å². The largest absolute Gasteiger partial charge is 0.469 e. The molecule has 3 heterocycles. The predicted molar refractivity (Wildman–Crippen MR) is 107 cm³/mol. The van der Waals surface area contributed by atoms with E-state index in [0.717, 1.165) is 51.2 Å². The number of aryl methyl sites for hydroxylation is 1. The highest BCUT2D eigenvalue weighted by Crippen LogP contribution is 2.23. The van der Waals surface area contributed by atoms with E-state index in [2.05, 4.69) is 34.8 Å². The first kappa shape index (κ1) is 20.2. The Kier molecular flexibility index (Phi) is 6.88. The first-order chi connectivity index (χ1) is 13.6. The summed E-state index contributed by atoms with van der Waals surface area (Å²) in [5.41, 5.74) is 0. The Morgan fingerprint density at radius 3 is 2.79 bits per heavy atom. The highest BCUT2D eigenvalue weighted by molar-refractivity contribution is 7.17. The third kappa shape index (κ3) is 5.46. The van der Waals surface area contributed by atoms with Crippen molar-refractivity contribution in [3.8, 4) is 0 Å². The molecule has 1 saturated heterocycles. The van der Waals surface area contributed by atoms with Crippen LogP contribution in [0.25, 0.3) is 0 Å². The van der Waals surface area contributed by atoms with Crippen LogP contribution in [0.5, 0.6) is 0 Å². The van der Waals surface area contributed by atoms with Crippen molar-refractivity contribution in [2.24, 2.45) is 0 Å².